The number of H-pyrrole nitrogens is 1. The van der Waals surface area contributed by atoms with E-state index in [9.17, 15) is 12.8 Å². The van der Waals surface area contributed by atoms with Crippen LogP contribution >= 0.6 is 23.4 Å². The molecule has 254 valence electrons. The number of rotatable bonds is 14. The molecule has 0 radical (unpaired) electrons. The Balaban J connectivity index is 1.64. The van der Waals surface area contributed by atoms with Gasteiger partial charge in [0.05, 0.1) is 56.1 Å². The largest absolute Gasteiger partial charge is 0.495 e. The monoisotopic (exact) mass is 709 g/mol. The Labute approximate surface area is 284 Å². The maximum Gasteiger partial charge on any atom is 0.243 e. The number of sulfonamides is 1. The van der Waals surface area contributed by atoms with E-state index < -0.39 is 37.8 Å². The molecule has 0 spiro atoms. The number of aromatic amines is 1. The third-order valence-electron chi connectivity index (χ3n) is 7.99. The number of thioether (sulfide) groups is 1. The van der Waals surface area contributed by atoms with E-state index in [-0.39, 0.29) is 24.4 Å². The molecule has 1 heterocycles. The second kappa shape index (κ2) is 14.6. The van der Waals surface area contributed by atoms with Crippen molar-refractivity contribution in [1.29, 1.82) is 0 Å². The Kier molecular flexibility index (Phi) is 11.4. The molecule has 0 saturated heterocycles. The second-order valence-electron chi connectivity index (χ2n) is 12.8. The summed E-state index contributed by atoms with van der Waals surface area (Å²) in [5.74, 6) is -1.98. The molecule has 0 saturated carbocycles. The van der Waals surface area contributed by atoms with Crippen LogP contribution in [0.2, 0.25) is 5.02 Å². The summed E-state index contributed by atoms with van der Waals surface area (Å²) >= 11 is 7.34. The number of imidazole rings is 1. The summed E-state index contributed by atoms with van der Waals surface area (Å²) in [6.07, 6.45) is 0.601. The number of nitrogens with one attached hydrogen (secondary N) is 1. The number of ether oxygens (including phenoxy) is 1. The Morgan fingerprint density at radius 2 is 1.66 bits per heavy atom. The molecule has 1 aromatic heterocycles. The van der Waals surface area contributed by atoms with Gasteiger partial charge < -0.3 is 14.2 Å². The number of benzene rings is 3. The summed E-state index contributed by atoms with van der Waals surface area (Å²) in [6.45, 7) is 6.81. The van der Waals surface area contributed by atoms with E-state index in [0.717, 1.165) is 36.0 Å². The molecular weight excluding hydrogens is 669 g/mol. The van der Waals surface area contributed by atoms with Gasteiger partial charge >= 0.3 is 0 Å². The molecule has 0 aliphatic heterocycles. The van der Waals surface area contributed by atoms with Crippen molar-refractivity contribution in [2.45, 2.75) is 48.4 Å². The van der Waals surface area contributed by atoms with Crippen LogP contribution in [0.4, 0.5) is 13.2 Å². The van der Waals surface area contributed by atoms with Crippen molar-refractivity contribution in [3.8, 4) is 17.0 Å². The normalized spacial score (nSPS) is 12.6. The molecule has 0 aliphatic rings. The minimum atomic E-state index is -4.11. The van der Waals surface area contributed by atoms with E-state index in [1.807, 2.05) is 47.1 Å². The minimum absolute atomic E-state index is 0.163. The molecule has 0 unspecified atom stereocenters. The van der Waals surface area contributed by atoms with Crippen LogP contribution in [0.3, 0.4) is 0 Å². The lowest BCUT2D eigenvalue weighted by Gasteiger charge is -2.26. The Morgan fingerprint density at radius 1 is 1.02 bits per heavy atom. The quantitative estimate of drug-likeness (QED) is 0.107. The number of hydrogen-bond acceptors (Lipinski definition) is 5. The zero-order chi connectivity index (χ0) is 34.7. The number of aromatic nitrogens is 2. The highest BCUT2D eigenvalue weighted by atomic mass is 35.5. The highest BCUT2D eigenvalue weighted by molar-refractivity contribution is 7.98. The molecule has 7 nitrogen and oxygen atoms in total. The smallest absolute Gasteiger partial charge is 0.243 e. The van der Waals surface area contributed by atoms with Crippen molar-refractivity contribution in [3.63, 3.8) is 0 Å². The molecule has 0 fully saturated rings. The van der Waals surface area contributed by atoms with Gasteiger partial charge in [0.2, 0.25) is 10.0 Å². The van der Waals surface area contributed by atoms with Gasteiger partial charge in [-0.3, -0.25) is 0 Å². The summed E-state index contributed by atoms with van der Waals surface area (Å²) < 4.78 is 78.5. The second-order valence-corrected chi connectivity index (χ2v) is 16.1. The van der Waals surface area contributed by atoms with E-state index in [1.54, 1.807) is 25.1 Å². The van der Waals surface area contributed by atoms with Gasteiger partial charge in [-0.1, -0.05) is 50.2 Å². The van der Waals surface area contributed by atoms with Crippen molar-refractivity contribution in [2.75, 3.05) is 47.9 Å². The average molecular weight is 710 g/mol. The predicted molar refractivity (Wildman–Crippen MR) is 182 cm³/mol. The van der Waals surface area contributed by atoms with Crippen molar-refractivity contribution >= 4 is 33.4 Å². The maximum atomic E-state index is 15.4. The van der Waals surface area contributed by atoms with Crippen LogP contribution in [-0.2, 0) is 21.2 Å². The number of quaternary nitrogens is 1. The molecule has 0 amide bonds. The highest BCUT2D eigenvalue weighted by Gasteiger charge is 2.31. The van der Waals surface area contributed by atoms with Crippen molar-refractivity contribution in [2.24, 2.45) is 0 Å². The van der Waals surface area contributed by atoms with Gasteiger partial charge in [0.1, 0.15) is 23.2 Å². The van der Waals surface area contributed by atoms with Gasteiger partial charge in [-0.2, -0.15) is 4.31 Å². The van der Waals surface area contributed by atoms with Crippen LogP contribution in [0.1, 0.15) is 44.0 Å². The molecule has 0 aliphatic carbocycles. The molecule has 13 heteroatoms. The van der Waals surface area contributed by atoms with Crippen LogP contribution in [0.5, 0.6) is 5.75 Å². The summed E-state index contributed by atoms with van der Waals surface area (Å²) in [5, 5.41) is 0.829. The zero-order valence-corrected chi connectivity index (χ0v) is 30.0. The van der Waals surface area contributed by atoms with Crippen molar-refractivity contribution in [1.82, 2.24) is 14.3 Å². The molecule has 0 bridgehead atoms. The zero-order valence-electron chi connectivity index (χ0n) is 27.6. The third-order valence-corrected chi connectivity index (χ3v) is 11.2. The SMILES string of the molecule is CCN(CCC[N+](C)(C)C)S(=O)(=O)c1cc(F)c(CSc2nc(-c3ccc(F)cc3)c(C(C)(C)c3ccc(Cl)c(OC)c3)[nH]2)c(F)c1. The van der Waals surface area contributed by atoms with Crippen molar-refractivity contribution in [3.05, 3.63) is 93.9 Å². The van der Waals surface area contributed by atoms with E-state index in [1.165, 1.54) is 23.5 Å². The molecule has 47 heavy (non-hydrogen) atoms. The highest BCUT2D eigenvalue weighted by Crippen LogP contribution is 2.41. The summed E-state index contributed by atoms with van der Waals surface area (Å²) in [7, 11) is 3.45. The van der Waals surface area contributed by atoms with E-state index in [0.29, 0.717) is 43.8 Å². The number of methoxy groups -OCH3 is 1. The van der Waals surface area contributed by atoms with Gasteiger partial charge in [-0.15, -0.1) is 0 Å². The summed E-state index contributed by atoms with van der Waals surface area (Å²) in [4.78, 5) is 7.65. The van der Waals surface area contributed by atoms with Gasteiger partial charge in [0.25, 0.3) is 0 Å². The van der Waals surface area contributed by atoms with Gasteiger partial charge in [0.15, 0.2) is 5.16 Å². The summed E-state index contributed by atoms with van der Waals surface area (Å²) in [5.41, 5.74) is 1.77. The topological polar surface area (TPSA) is 75.3 Å². The fourth-order valence-corrected chi connectivity index (χ4v) is 7.80. The average Bonchev–Trinajstić information content (AvgIpc) is 3.44. The molecule has 1 N–H and O–H groups in total. The maximum absolute atomic E-state index is 15.4. The van der Waals surface area contributed by atoms with Crippen LogP contribution in [0.25, 0.3) is 11.3 Å². The predicted octanol–water partition coefficient (Wildman–Crippen LogP) is 7.88. The number of hydrogen-bond donors (Lipinski definition) is 1. The molecule has 4 rings (SSSR count). The molecule has 3 aromatic carbocycles. The Morgan fingerprint density at radius 3 is 2.23 bits per heavy atom. The Hall–Kier alpha value is -3.03. The molecule has 0 atom stereocenters. The lowest BCUT2D eigenvalue weighted by molar-refractivity contribution is -0.870. The van der Waals surface area contributed by atoms with Crippen molar-refractivity contribution < 1.29 is 30.8 Å². The third kappa shape index (κ3) is 8.53. The Bertz CT molecular complexity index is 1800. The van der Waals surface area contributed by atoms with Gasteiger partial charge in [-0.05, 0) is 54.1 Å². The van der Waals surface area contributed by atoms with Gasteiger partial charge in [0, 0.05) is 41.8 Å². The van der Waals surface area contributed by atoms with Gasteiger partial charge in [-0.25, -0.2) is 26.6 Å². The summed E-state index contributed by atoms with van der Waals surface area (Å²) in [6, 6.07) is 13.1. The molecule has 4 aromatic rings. The first kappa shape index (κ1) is 36.8. The first-order valence-electron chi connectivity index (χ1n) is 15.1. The number of nitrogens with zero attached hydrogens (tertiary/aromatic N) is 3. The first-order chi connectivity index (χ1) is 22.0. The fourth-order valence-electron chi connectivity index (χ4n) is 5.21. The van der Waals surface area contributed by atoms with Crippen LogP contribution in [0, 0.1) is 17.5 Å². The van der Waals surface area contributed by atoms with E-state index >= 15 is 8.78 Å². The number of halogens is 4. The lowest BCUT2D eigenvalue weighted by Crippen LogP contribution is -2.39. The standard InChI is InChI=1S/C34H41ClF3N4O3S2/c1-8-41(16-9-17-42(4,5)6)47(43,44)25-19-28(37)26(29(38)20-25)21-46-33-39-31(22-10-13-24(36)14-11-22)32(40-33)34(2,3)23-12-15-27(35)30(18-23)45-7/h10-15,18-20H,8-9,16-17,21H2,1-7H3,(H,39,40)/q+1. The van der Waals surface area contributed by atoms with E-state index in [4.69, 9.17) is 21.3 Å². The minimum Gasteiger partial charge on any atom is -0.495 e. The van der Waals surface area contributed by atoms with E-state index in [2.05, 4.69) is 4.98 Å². The van der Waals surface area contributed by atoms with Crippen LogP contribution in [0.15, 0.2) is 64.6 Å². The van der Waals surface area contributed by atoms with Crippen LogP contribution in [-0.4, -0.2) is 75.1 Å². The fraction of sp³-hybridized carbons (Fsp3) is 0.382. The first-order valence-corrected chi connectivity index (χ1v) is 17.9. The molecular formula is C34H41ClF3N4O3S2+. The van der Waals surface area contributed by atoms with Crippen LogP contribution < -0.4 is 4.74 Å². The lowest BCUT2D eigenvalue weighted by atomic mass is 9.79.